The van der Waals surface area contributed by atoms with Crippen molar-refractivity contribution in [2.24, 2.45) is 14.1 Å². The van der Waals surface area contributed by atoms with E-state index < -0.39 is 0 Å². The molecule has 5 heteroatoms. The fourth-order valence-corrected chi connectivity index (χ4v) is 5.10. The van der Waals surface area contributed by atoms with Gasteiger partial charge in [0.05, 0.1) is 6.54 Å². The Morgan fingerprint density at radius 1 is 1.10 bits per heavy atom. The van der Waals surface area contributed by atoms with Crippen LogP contribution in [-0.4, -0.2) is 27.4 Å². The summed E-state index contributed by atoms with van der Waals surface area (Å²) in [6.45, 7) is 11.9. The number of anilines is 3. The highest BCUT2D eigenvalue weighted by atomic mass is 15.4. The molecule has 160 valence electrons. The lowest BCUT2D eigenvalue weighted by Gasteiger charge is -2.32. The maximum absolute atomic E-state index is 5.06. The first kappa shape index (κ1) is 20.6. The maximum atomic E-state index is 5.06. The van der Waals surface area contributed by atoms with E-state index in [1.165, 1.54) is 39.5 Å². The Morgan fingerprint density at radius 2 is 1.83 bits per heavy atom. The van der Waals surface area contributed by atoms with Gasteiger partial charge in [0, 0.05) is 50.3 Å². The summed E-state index contributed by atoms with van der Waals surface area (Å²) in [5.41, 5.74) is 8.05. The third-order valence-corrected chi connectivity index (χ3v) is 6.26. The predicted molar refractivity (Wildman–Crippen MR) is 126 cm³/mol. The molecule has 0 aliphatic carbocycles. The summed E-state index contributed by atoms with van der Waals surface area (Å²) in [5.74, 6) is 2.42. The Hall–Kier alpha value is -2.69. The molecule has 3 aromatic rings. The van der Waals surface area contributed by atoms with Crippen LogP contribution in [0.15, 0.2) is 30.5 Å². The first-order valence-corrected chi connectivity index (χ1v) is 11.2. The van der Waals surface area contributed by atoms with Gasteiger partial charge in [0.25, 0.3) is 0 Å². The molecule has 30 heavy (non-hydrogen) atoms. The second-order valence-corrected chi connectivity index (χ2v) is 8.78. The Labute approximate surface area is 180 Å². The number of hydrogen-bond donors (Lipinski definition) is 0. The van der Waals surface area contributed by atoms with Crippen LogP contribution in [0.25, 0.3) is 0 Å². The lowest BCUT2D eigenvalue weighted by Crippen LogP contribution is -2.29. The zero-order valence-corrected chi connectivity index (χ0v) is 19.4. The molecular formula is C25H35N5. The molecule has 0 saturated heterocycles. The van der Waals surface area contributed by atoms with Gasteiger partial charge in [-0.15, -0.1) is 0 Å². The van der Waals surface area contributed by atoms with Crippen LogP contribution in [0.4, 0.5) is 17.3 Å². The van der Waals surface area contributed by atoms with Crippen molar-refractivity contribution < 1.29 is 0 Å². The van der Waals surface area contributed by atoms with Crippen molar-refractivity contribution in [3.63, 3.8) is 0 Å². The van der Waals surface area contributed by atoms with E-state index in [2.05, 4.69) is 91.3 Å². The molecule has 3 heterocycles. The second-order valence-electron chi connectivity index (χ2n) is 8.78. The van der Waals surface area contributed by atoms with Gasteiger partial charge in [0.1, 0.15) is 5.82 Å². The number of hydrogen-bond acceptors (Lipinski definition) is 3. The summed E-state index contributed by atoms with van der Waals surface area (Å²) in [7, 11) is 4.23. The van der Waals surface area contributed by atoms with Crippen LogP contribution in [0, 0.1) is 20.8 Å². The van der Waals surface area contributed by atoms with E-state index in [1.807, 2.05) is 0 Å². The molecule has 1 aliphatic heterocycles. The largest absolute Gasteiger partial charge is 0.353 e. The van der Waals surface area contributed by atoms with Crippen LogP contribution in [0.2, 0.25) is 0 Å². The van der Waals surface area contributed by atoms with Crippen molar-refractivity contribution in [3.8, 4) is 0 Å². The average Bonchev–Trinajstić information content (AvgIpc) is 3.23. The summed E-state index contributed by atoms with van der Waals surface area (Å²) in [6, 6.07) is 8.93. The Morgan fingerprint density at radius 3 is 2.47 bits per heavy atom. The summed E-state index contributed by atoms with van der Waals surface area (Å²) >= 11 is 0. The zero-order valence-electron chi connectivity index (χ0n) is 19.4. The summed E-state index contributed by atoms with van der Waals surface area (Å²) in [6.07, 6.45) is 5.49. The van der Waals surface area contributed by atoms with Gasteiger partial charge >= 0.3 is 0 Å². The molecule has 0 atom stereocenters. The molecule has 0 amide bonds. The predicted octanol–water partition coefficient (Wildman–Crippen LogP) is 5.18. The molecule has 0 fully saturated rings. The van der Waals surface area contributed by atoms with Crippen molar-refractivity contribution in [1.82, 2.24) is 14.3 Å². The van der Waals surface area contributed by atoms with Gasteiger partial charge < -0.3 is 14.4 Å². The van der Waals surface area contributed by atoms with Crippen LogP contribution >= 0.6 is 0 Å². The topological polar surface area (TPSA) is 29.2 Å². The minimum Gasteiger partial charge on any atom is -0.353 e. The number of nitrogens with zero attached hydrogens (tertiary/aromatic N) is 5. The highest BCUT2D eigenvalue weighted by Crippen LogP contribution is 2.41. The van der Waals surface area contributed by atoms with E-state index in [-0.39, 0.29) is 0 Å². The molecule has 1 aromatic carbocycles. The minimum atomic E-state index is 0.909. The van der Waals surface area contributed by atoms with E-state index in [0.29, 0.717) is 0 Å². The molecule has 5 nitrogen and oxygen atoms in total. The summed E-state index contributed by atoms with van der Waals surface area (Å²) in [4.78, 5) is 4.97. The summed E-state index contributed by atoms with van der Waals surface area (Å²) < 4.78 is 4.33. The standard InChI is InChI=1S/C25H35N5/c1-7-12-29(17-21-10-8-13-27(21)5)25-22-11-9-14-30(24(22)26-28(25)6)23-19(3)15-18(2)16-20(23)4/h8,10,13,15-16H,7,9,11-12,14,17H2,1-6H3. The second kappa shape index (κ2) is 8.21. The van der Waals surface area contributed by atoms with Crippen molar-refractivity contribution in [2.45, 2.75) is 53.5 Å². The number of rotatable bonds is 6. The van der Waals surface area contributed by atoms with E-state index in [9.17, 15) is 0 Å². The molecular weight excluding hydrogens is 370 g/mol. The molecule has 4 rings (SSSR count). The molecule has 0 radical (unpaired) electrons. The third kappa shape index (κ3) is 3.62. The van der Waals surface area contributed by atoms with Gasteiger partial charge in [-0.2, -0.15) is 5.10 Å². The highest BCUT2D eigenvalue weighted by Gasteiger charge is 2.30. The van der Waals surface area contributed by atoms with E-state index in [4.69, 9.17) is 5.10 Å². The van der Waals surface area contributed by atoms with Crippen LogP contribution in [0.1, 0.15) is 47.7 Å². The molecule has 1 aliphatic rings. The Kier molecular flexibility index (Phi) is 5.63. The Balaban J connectivity index is 1.77. The van der Waals surface area contributed by atoms with Crippen LogP contribution in [0.5, 0.6) is 0 Å². The quantitative estimate of drug-likeness (QED) is 0.565. The number of fused-ring (bicyclic) bond motifs is 1. The lowest BCUT2D eigenvalue weighted by molar-refractivity contribution is 0.667. The van der Waals surface area contributed by atoms with Gasteiger partial charge in [0.2, 0.25) is 0 Å². The van der Waals surface area contributed by atoms with Gasteiger partial charge in [0.15, 0.2) is 5.82 Å². The van der Waals surface area contributed by atoms with E-state index in [0.717, 1.165) is 44.7 Å². The number of benzene rings is 1. The minimum absolute atomic E-state index is 0.909. The normalized spacial score (nSPS) is 13.6. The fraction of sp³-hybridized carbons (Fsp3) is 0.480. The molecule has 0 N–H and O–H groups in total. The van der Waals surface area contributed by atoms with Crippen molar-refractivity contribution >= 4 is 17.3 Å². The van der Waals surface area contributed by atoms with Crippen molar-refractivity contribution in [3.05, 3.63) is 58.4 Å². The average molecular weight is 406 g/mol. The summed E-state index contributed by atoms with van der Waals surface area (Å²) in [5, 5.41) is 5.06. The first-order valence-electron chi connectivity index (χ1n) is 11.2. The van der Waals surface area contributed by atoms with Crippen LogP contribution < -0.4 is 9.80 Å². The molecule has 0 spiro atoms. The third-order valence-electron chi connectivity index (χ3n) is 6.26. The zero-order chi connectivity index (χ0) is 21.4. The van der Waals surface area contributed by atoms with E-state index in [1.54, 1.807) is 0 Å². The molecule has 2 aromatic heterocycles. The van der Waals surface area contributed by atoms with Gasteiger partial charge in [-0.3, -0.25) is 4.68 Å². The van der Waals surface area contributed by atoms with Crippen molar-refractivity contribution in [1.29, 1.82) is 0 Å². The molecule has 0 bridgehead atoms. The molecule has 0 unspecified atom stereocenters. The van der Waals surface area contributed by atoms with Gasteiger partial charge in [-0.1, -0.05) is 24.6 Å². The molecule has 0 saturated carbocycles. The Bertz CT molecular complexity index is 1020. The number of aryl methyl sites for hydroxylation is 5. The van der Waals surface area contributed by atoms with Crippen molar-refractivity contribution in [2.75, 3.05) is 22.9 Å². The monoisotopic (exact) mass is 405 g/mol. The maximum Gasteiger partial charge on any atom is 0.160 e. The SMILES string of the molecule is CCCN(Cc1cccn1C)c1c2c(nn1C)N(c1c(C)cc(C)cc1C)CCC2. The highest BCUT2D eigenvalue weighted by molar-refractivity contribution is 5.74. The van der Waals surface area contributed by atoms with Crippen LogP contribution in [0.3, 0.4) is 0 Å². The van der Waals surface area contributed by atoms with Crippen LogP contribution in [-0.2, 0) is 27.1 Å². The van der Waals surface area contributed by atoms with Gasteiger partial charge in [-0.05, 0) is 63.3 Å². The fourth-order valence-electron chi connectivity index (χ4n) is 5.10. The smallest absolute Gasteiger partial charge is 0.160 e. The van der Waals surface area contributed by atoms with Gasteiger partial charge in [-0.25, -0.2) is 0 Å². The van der Waals surface area contributed by atoms with E-state index >= 15 is 0 Å². The lowest BCUT2D eigenvalue weighted by atomic mass is 10.00. The first-order chi connectivity index (χ1) is 14.4. The number of aromatic nitrogens is 3.